The van der Waals surface area contributed by atoms with E-state index in [1.54, 1.807) is 0 Å². The van der Waals surface area contributed by atoms with E-state index < -0.39 is 0 Å². The molecule has 3 fully saturated rings. The Morgan fingerprint density at radius 3 is 2.55 bits per heavy atom. The van der Waals surface area contributed by atoms with E-state index in [0.717, 1.165) is 19.3 Å². The summed E-state index contributed by atoms with van der Waals surface area (Å²) in [6, 6.07) is 10.6. The van der Waals surface area contributed by atoms with Crippen molar-refractivity contribution in [1.82, 2.24) is 10.2 Å². The molecule has 3 aliphatic rings. The number of nitrogens with zero attached hydrogens (tertiary/aromatic N) is 1. The minimum atomic E-state index is -0.290. The zero-order chi connectivity index (χ0) is 13.7. The first kappa shape index (κ1) is 12.1. The molecule has 20 heavy (non-hydrogen) atoms. The van der Waals surface area contributed by atoms with Crippen molar-refractivity contribution < 1.29 is 9.59 Å². The fourth-order valence-corrected chi connectivity index (χ4v) is 3.20. The average Bonchev–Trinajstić information content (AvgIpc) is 3.34. The van der Waals surface area contributed by atoms with Crippen LogP contribution in [0.25, 0.3) is 0 Å². The first-order valence-electron chi connectivity index (χ1n) is 7.41. The van der Waals surface area contributed by atoms with E-state index >= 15 is 0 Å². The number of likely N-dealkylation sites (tertiary alicyclic amines) is 1. The SMILES string of the molecule is O=C1CC(NC2CC2c2ccccc2)C(=O)N1C1CC1. The van der Waals surface area contributed by atoms with Crippen LogP contribution in [0.4, 0.5) is 0 Å². The number of hydrogen-bond donors (Lipinski definition) is 1. The molecule has 0 bridgehead atoms. The van der Waals surface area contributed by atoms with E-state index in [9.17, 15) is 9.59 Å². The molecule has 0 spiro atoms. The number of carbonyl (C=O) groups is 2. The van der Waals surface area contributed by atoms with Crippen LogP contribution in [0.3, 0.4) is 0 Å². The van der Waals surface area contributed by atoms with Crippen LogP contribution in [0.5, 0.6) is 0 Å². The van der Waals surface area contributed by atoms with Gasteiger partial charge in [0.15, 0.2) is 0 Å². The van der Waals surface area contributed by atoms with Crippen LogP contribution < -0.4 is 5.32 Å². The van der Waals surface area contributed by atoms with Gasteiger partial charge in [0.1, 0.15) is 0 Å². The Bertz CT molecular complexity index is 553. The maximum absolute atomic E-state index is 12.2. The molecule has 4 heteroatoms. The number of imide groups is 1. The van der Waals surface area contributed by atoms with Crippen LogP contribution in [-0.4, -0.2) is 34.8 Å². The number of benzene rings is 1. The summed E-state index contributed by atoms with van der Waals surface area (Å²) in [6.45, 7) is 0. The maximum atomic E-state index is 12.2. The second-order valence-electron chi connectivity index (χ2n) is 6.12. The molecule has 4 nitrogen and oxygen atoms in total. The Hall–Kier alpha value is -1.68. The number of hydrogen-bond acceptors (Lipinski definition) is 3. The van der Waals surface area contributed by atoms with Crippen LogP contribution in [-0.2, 0) is 9.59 Å². The fraction of sp³-hybridized carbons (Fsp3) is 0.500. The summed E-state index contributed by atoms with van der Waals surface area (Å²) in [4.78, 5) is 25.6. The van der Waals surface area contributed by atoms with Gasteiger partial charge in [-0.3, -0.25) is 14.5 Å². The minimum absolute atomic E-state index is 0.00351. The van der Waals surface area contributed by atoms with Gasteiger partial charge in [-0.25, -0.2) is 0 Å². The topological polar surface area (TPSA) is 49.4 Å². The van der Waals surface area contributed by atoms with E-state index in [4.69, 9.17) is 0 Å². The summed E-state index contributed by atoms with van der Waals surface area (Å²) in [6.07, 6.45) is 3.37. The third kappa shape index (κ3) is 2.04. The van der Waals surface area contributed by atoms with Crippen LogP contribution in [0.1, 0.15) is 37.2 Å². The Balaban J connectivity index is 1.39. The Morgan fingerprint density at radius 2 is 1.85 bits per heavy atom. The molecule has 1 aromatic carbocycles. The van der Waals surface area contributed by atoms with Crippen molar-refractivity contribution in [2.75, 3.05) is 0 Å². The van der Waals surface area contributed by atoms with Crippen molar-refractivity contribution in [3.8, 4) is 0 Å². The van der Waals surface area contributed by atoms with Gasteiger partial charge in [0.25, 0.3) is 0 Å². The van der Waals surface area contributed by atoms with Gasteiger partial charge in [-0.15, -0.1) is 0 Å². The quantitative estimate of drug-likeness (QED) is 0.842. The molecule has 1 aromatic rings. The van der Waals surface area contributed by atoms with Crippen molar-refractivity contribution in [1.29, 1.82) is 0 Å². The molecule has 3 atom stereocenters. The largest absolute Gasteiger partial charge is 0.302 e. The summed E-state index contributed by atoms with van der Waals surface area (Å²) in [5, 5.41) is 3.38. The lowest BCUT2D eigenvalue weighted by Gasteiger charge is -2.14. The molecule has 0 aromatic heterocycles. The summed E-state index contributed by atoms with van der Waals surface area (Å²) >= 11 is 0. The Morgan fingerprint density at radius 1 is 1.10 bits per heavy atom. The van der Waals surface area contributed by atoms with E-state index in [-0.39, 0.29) is 23.9 Å². The minimum Gasteiger partial charge on any atom is -0.302 e. The number of amides is 2. The van der Waals surface area contributed by atoms with E-state index in [0.29, 0.717) is 18.4 Å². The van der Waals surface area contributed by atoms with Crippen LogP contribution in [0.2, 0.25) is 0 Å². The van der Waals surface area contributed by atoms with Crippen molar-refractivity contribution in [3.63, 3.8) is 0 Å². The van der Waals surface area contributed by atoms with Gasteiger partial charge in [-0.05, 0) is 24.8 Å². The van der Waals surface area contributed by atoms with E-state index in [1.807, 2.05) is 18.2 Å². The molecule has 4 rings (SSSR count). The lowest BCUT2D eigenvalue weighted by molar-refractivity contribution is -0.139. The second kappa shape index (κ2) is 4.42. The normalized spacial score (nSPS) is 32.8. The molecule has 0 radical (unpaired) electrons. The standard InChI is InChI=1S/C16H18N2O2/c19-15-9-14(16(20)18(15)11-6-7-11)17-13-8-12(13)10-4-2-1-3-5-10/h1-5,11-14,17H,6-9H2. The molecule has 2 amide bonds. The molecule has 2 aliphatic carbocycles. The van der Waals surface area contributed by atoms with Crippen molar-refractivity contribution >= 4 is 11.8 Å². The predicted molar refractivity (Wildman–Crippen MR) is 74.0 cm³/mol. The molecule has 3 unspecified atom stereocenters. The van der Waals surface area contributed by atoms with E-state index in [2.05, 4.69) is 17.4 Å². The Kier molecular flexibility index (Phi) is 2.67. The molecule has 1 N–H and O–H groups in total. The predicted octanol–water partition coefficient (Wildman–Crippen LogP) is 1.42. The number of carbonyl (C=O) groups excluding carboxylic acids is 2. The van der Waals surface area contributed by atoms with Gasteiger partial charge >= 0.3 is 0 Å². The maximum Gasteiger partial charge on any atom is 0.247 e. The molecular formula is C16H18N2O2. The average molecular weight is 270 g/mol. The smallest absolute Gasteiger partial charge is 0.247 e. The molecule has 2 saturated carbocycles. The van der Waals surface area contributed by atoms with Crippen LogP contribution >= 0.6 is 0 Å². The van der Waals surface area contributed by atoms with E-state index in [1.165, 1.54) is 10.5 Å². The lowest BCUT2D eigenvalue weighted by atomic mass is 10.1. The van der Waals surface area contributed by atoms with Gasteiger partial charge in [0.05, 0.1) is 12.5 Å². The third-order valence-corrected chi connectivity index (χ3v) is 4.53. The molecule has 104 valence electrons. The highest BCUT2D eigenvalue weighted by molar-refractivity contribution is 6.06. The lowest BCUT2D eigenvalue weighted by Crippen LogP contribution is -2.40. The first-order chi connectivity index (χ1) is 9.74. The second-order valence-corrected chi connectivity index (χ2v) is 6.12. The van der Waals surface area contributed by atoms with Gasteiger partial charge in [-0.2, -0.15) is 0 Å². The number of rotatable bonds is 4. The summed E-state index contributed by atoms with van der Waals surface area (Å²) < 4.78 is 0. The van der Waals surface area contributed by atoms with Crippen molar-refractivity contribution in [2.45, 2.75) is 49.7 Å². The zero-order valence-corrected chi connectivity index (χ0v) is 11.3. The van der Waals surface area contributed by atoms with Crippen molar-refractivity contribution in [3.05, 3.63) is 35.9 Å². The van der Waals surface area contributed by atoms with Gasteiger partial charge in [0, 0.05) is 18.0 Å². The van der Waals surface area contributed by atoms with Gasteiger partial charge in [0.2, 0.25) is 11.8 Å². The van der Waals surface area contributed by atoms with Crippen LogP contribution in [0, 0.1) is 0 Å². The molecule has 1 aliphatic heterocycles. The number of nitrogens with one attached hydrogen (secondary N) is 1. The summed E-state index contributed by atoms with van der Waals surface area (Å²) in [5.41, 5.74) is 1.32. The molecule has 1 saturated heterocycles. The first-order valence-corrected chi connectivity index (χ1v) is 7.41. The monoisotopic (exact) mass is 270 g/mol. The van der Waals surface area contributed by atoms with Gasteiger partial charge < -0.3 is 5.32 Å². The highest BCUT2D eigenvalue weighted by Gasteiger charge is 2.49. The van der Waals surface area contributed by atoms with Crippen molar-refractivity contribution in [2.24, 2.45) is 0 Å². The molecular weight excluding hydrogens is 252 g/mol. The third-order valence-electron chi connectivity index (χ3n) is 4.53. The summed E-state index contributed by atoms with van der Waals surface area (Å²) in [5.74, 6) is 0.497. The highest BCUT2D eigenvalue weighted by atomic mass is 16.2. The Labute approximate surface area is 118 Å². The highest BCUT2D eigenvalue weighted by Crippen LogP contribution is 2.41. The van der Waals surface area contributed by atoms with Crippen LogP contribution in [0.15, 0.2) is 30.3 Å². The zero-order valence-electron chi connectivity index (χ0n) is 11.3. The van der Waals surface area contributed by atoms with Gasteiger partial charge in [-0.1, -0.05) is 30.3 Å². The fourth-order valence-electron chi connectivity index (χ4n) is 3.20. The molecule has 1 heterocycles. The summed E-state index contributed by atoms with van der Waals surface area (Å²) in [7, 11) is 0.